The molecule has 0 saturated heterocycles. The van der Waals surface area contributed by atoms with Crippen LogP contribution in [0.2, 0.25) is 0 Å². The van der Waals surface area contributed by atoms with Gasteiger partial charge in [0.15, 0.2) is 0 Å². The highest BCUT2D eigenvalue weighted by atomic mass is 19.1. The average molecular weight is 239 g/mol. The van der Waals surface area contributed by atoms with E-state index < -0.39 is 11.6 Å². The smallest absolute Gasteiger partial charge is 0.130 e. The van der Waals surface area contributed by atoms with Crippen LogP contribution in [0.25, 0.3) is 0 Å². The van der Waals surface area contributed by atoms with Crippen LogP contribution in [0.4, 0.5) is 8.78 Å². The molecule has 1 saturated carbocycles. The average Bonchev–Trinajstić information content (AvgIpc) is 2.64. The Bertz CT molecular complexity index is 372. The summed E-state index contributed by atoms with van der Waals surface area (Å²) in [6, 6.07) is 4.13. The lowest BCUT2D eigenvalue weighted by molar-refractivity contribution is 0.374. The normalized spacial score (nSPS) is 26.1. The minimum absolute atomic E-state index is 0.159. The molecule has 1 aliphatic rings. The van der Waals surface area contributed by atoms with Gasteiger partial charge in [0.2, 0.25) is 0 Å². The quantitative estimate of drug-likeness (QED) is 0.846. The second-order valence-electron chi connectivity index (χ2n) is 5.04. The summed E-state index contributed by atoms with van der Waals surface area (Å²) in [7, 11) is 0. The molecule has 0 radical (unpaired) electrons. The molecule has 0 aliphatic heterocycles. The summed E-state index contributed by atoms with van der Waals surface area (Å²) in [5.74, 6) is -0.335. The summed E-state index contributed by atoms with van der Waals surface area (Å²) in [5, 5.41) is 3.35. The van der Waals surface area contributed by atoms with Gasteiger partial charge in [-0.3, -0.25) is 0 Å². The van der Waals surface area contributed by atoms with Crippen molar-refractivity contribution in [3.05, 3.63) is 35.4 Å². The van der Waals surface area contributed by atoms with Crippen molar-refractivity contribution in [2.75, 3.05) is 0 Å². The fourth-order valence-corrected chi connectivity index (χ4v) is 2.72. The minimum atomic E-state index is -0.462. The van der Waals surface area contributed by atoms with Crippen molar-refractivity contribution in [1.82, 2.24) is 5.32 Å². The first-order valence-corrected chi connectivity index (χ1v) is 6.29. The van der Waals surface area contributed by atoms with Gasteiger partial charge in [-0.05, 0) is 37.8 Å². The van der Waals surface area contributed by atoms with Gasteiger partial charge in [-0.1, -0.05) is 19.4 Å². The molecule has 1 nitrogen and oxygen atoms in total. The molecule has 1 fully saturated rings. The molecular formula is C14H19F2N. The van der Waals surface area contributed by atoms with Crippen LogP contribution in [0.3, 0.4) is 0 Å². The van der Waals surface area contributed by atoms with E-state index in [1.54, 1.807) is 0 Å². The molecule has 3 atom stereocenters. The largest absolute Gasteiger partial charge is 0.307 e. The van der Waals surface area contributed by atoms with Gasteiger partial charge in [0.25, 0.3) is 0 Å². The standard InChI is InChI=1S/C14H19F2N/c1-9-5-3-8-13(9)17-10(2)14-11(15)6-4-7-12(14)16/h4,6-7,9-10,13,17H,3,5,8H2,1-2H3. The van der Waals surface area contributed by atoms with Crippen LogP contribution in [-0.2, 0) is 0 Å². The van der Waals surface area contributed by atoms with E-state index in [4.69, 9.17) is 0 Å². The third-order valence-electron chi connectivity index (χ3n) is 3.76. The van der Waals surface area contributed by atoms with Crippen molar-refractivity contribution >= 4 is 0 Å². The number of hydrogen-bond acceptors (Lipinski definition) is 1. The zero-order chi connectivity index (χ0) is 12.4. The first kappa shape index (κ1) is 12.5. The van der Waals surface area contributed by atoms with E-state index in [-0.39, 0.29) is 11.6 Å². The first-order chi connectivity index (χ1) is 8.09. The van der Waals surface area contributed by atoms with Gasteiger partial charge in [0, 0.05) is 17.6 Å². The predicted molar refractivity (Wildman–Crippen MR) is 64.7 cm³/mol. The lowest BCUT2D eigenvalue weighted by atomic mass is 10.0. The van der Waals surface area contributed by atoms with Crippen molar-refractivity contribution in [1.29, 1.82) is 0 Å². The molecule has 0 aromatic heterocycles. The number of nitrogens with one attached hydrogen (secondary N) is 1. The summed E-state index contributed by atoms with van der Waals surface area (Å²) >= 11 is 0. The van der Waals surface area contributed by atoms with Crippen molar-refractivity contribution in [2.24, 2.45) is 5.92 Å². The van der Waals surface area contributed by atoms with Crippen molar-refractivity contribution in [3.8, 4) is 0 Å². The predicted octanol–water partition coefficient (Wildman–Crippen LogP) is 3.80. The van der Waals surface area contributed by atoms with Gasteiger partial charge in [0.1, 0.15) is 11.6 Å². The van der Waals surface area contributed by atoms with Crippen molar-refractivity contribution in [3.63, 3.8) is 0 Å². The van der Waals surface area contributed by atoms with E-state index in [2.05, 4.69) is 12.2 Å². The van der Waals surface area contributed by atoms with Crippen LogP contribution in [0.1, 0.15) is 44.7 Å². The maximum atomic E-state index is 13.6. The number of rotatable bonds is 3. The topological polar surface area (TPSA) is 12.0 Å². The third-order valence-corrected chi connectivity index (χ3v) is 3.76. The van der Waals surface area contributed by atoms with Gasteiger partial charge < -0.3 is 5.32 Å². The lowest BCUT2D eigenvalue weighted by Crippen LogP contribution is -2.34. The highest BCUT2D eigenvalue weighted by molar-refractivity contribution is 5.23. The van der Waals surface area contributed by atoms with Gasteiger partial charge in [0.05, 0.1) is 0 Å². The Kier molecular flexibility index (Phi) is 3.77. The second-order valence-corrected chi connectivity index (χ2v) is 5.04. The molecule has 3 heteroatoms. The molecule has 1 aromatic carbocycles. The molecular weight excluding hydrogens is 220 g/mol. The summed E-state index contributed by atoms with van der Waals surface area (Å²) < 4.78 is 27.2. The number of halogens is 2. The van der Waals surface area contributed by atoms with Crippen LogP contribution in [0.15, 0.2) is 18.2 Å². The van der Waals surface area contributed by atoms with Crippen molar-refractivity contribution in [2.45, 2.75) is 45.2 Å². The zero-order valence-electron chi connectivity index (χ0n) is 10.3. The van der Waals surface area contributed by atoms with E-state index in [1.807, 2.05) is 6.92 Å². The van der Waals surface area contributed by atoms with Crippen molar-refractivity contribution < 1.29 is 8.78 Å². The van der Waals surface area contributed by atoms with Gasteiger partial charge in [-0.15, -0.1) is 0 Å². The summed E-state index contributed by atoms with van der Waals surface area (Å²) in [6.45, 7) is 4.02. The maximum Gasteiger partial charge on any atom is 0.130 e. The fraction of sp³-hybridized carbons (Fsp3) is 0.571. The number of benzene rings is 1. The van der Waals surface area contributed by atoms with Crippen LogP contribution >= 0.6 is 0 Å². The Morgan fingerprint density at radius 1 is 1.24 bits per heavy atom. The Labute approximate surface area is 101 Å². The lowest BCUT2D eigenvalue weighted by Gasteiger charge is -2.23. The summed E-state index contributed by atoms with van der Waals surface area (Å²) in [5.41, 5.74) is 0.159. The molecule has 17 heavy (non-hydrogen) atoms. The van der Waals surface area contributed by atoms with Crippen LogP contribution < -0.4 is 5.32 Å². The van der Waals surface area contributed by atoms with E-state index >= 15 is 0 Å². The van der Waals surface area contributed by atoms with Gasteiger partial charge >= 0.3 is 0 Å². The maximum absolute atomic E-state index is 13.6. The molecule has 1 aliphatic carbocycles. The Hall–Kier alpha value is -0.960. The van der Waals surface area contributed by atoms with E-state index in [0.717, 1.165) is 6.42 Å². The molecule has 0 bridgehead atoms. The molecule has 3 unspecified atom stereocenters. The molecule has 0 amide bonds. The SMILES string of the molecule is CC(NC1CCCC1C)c1c(F)cccc1F. The van der Waals surface area contributed by atoms with E-state index in [0.29, 0.717) is 12.0 Å². The van der Waals surface area contributed by atoms with Crippen LogP contribution in [0, 0.1) is 17.6 Å². The van der Waals surface area contributed by atoms with E-state index in [9.17, 15) is 8.78 Å². The summed E-state index contributed by atoms with van der Waals surface area (Å²) in [6.07, 6.45) is 3.50. The molecule has 1 N–H and O–H groups in total. The minimum Gasteiger partial charge on any atom is -0.307 e. The molecule has 94 valence electrons. The van der Waals surface area contributed by atoms with Crippen LogP contribution in [0.5, 0.6) is 0 Å². The third kappa shape index (κ3) is 2.65. The molecule has 2 rings (SSSR count). The van der Waals surface area contributed by atoms with Gasteiger partial charge in [-0.25, -0.2) is 8.78 Å². The number of hydrogen-bond donors (Lipinski definition) is 1. The van der Waals surface area contributed by atoms with Crippen LogP contribution in [-0.4, -0.2) is 6.04 Å². The first-order valence-electron chi connectivity index (χ1n) is 6.29. The fourth-order valence-electron chi connectivity index (χ4n) is 2.72. The Morgan fingerprint density at radius 2 is 1.88 bits per heavy atom. The highest BCUT2D eigenvalue weighted by Gasteiger charge is 2.26. The highest BCUT2D eigenvalue weighted by Crippen LogP contribution is 2.28. The second kappa shape index (κ2) is 5.13. The Morgan fingerprint density at radius 3 is 2.41 bits per heavy atom. The summed E-state index contributed by atoms with van der Waals surface area (Å²) in [4.78, 5) is 0. The van der Waals surface area contributed by atoms with Gasteiger partial charge in [-0.2, -0.15) is 0 Å². The van der Waals surface area contributed by atoms with E-state index in [1.165, 1.54) is 31.0 Å². The Balaban J connectivity index is 2.11. The molecule has 1 aromatic rings. The zero-order valence-corrected chi connectivity index (χ0v) is 10.3. The molecule has 0 heterocycles. The molecule has 0 spiro atoms. The monoisotopic (exact) mass is 239 g/mol.